The molecule has 0 aliphatic heterocycles. The average molecular weight is 314 g/mol. The van der Waals surface area contributed by atoms with Gasteiger partial charge >= 0.3 is 0 Å². The van der Waals surface area contributed by atoms with Gasteiger partial charge in [-0.25, -0.2) is 4.39 Å². The van der Waals surface area contributed by atoms with Crippen LogP contribution in [0.1, 0.15) is 24.8 Å². The van der Waals surface area contributed by atoms with Crippen LogP contribution in [0.5, 0.6) is 0 Å². The molecule has 98 valence electrons. The normalized spacial score (nSPS) is 15.1. The standard InChI is InChI=1S/C13H17BrFN3/c14-11-7-9(1-4-12(11)15)8-18(10-2-3-10)6-5-13(16)17/h1,4,7,10H,2-3,5-6,8H2,(H3,16,17). The Hall–Kier alpha value is -0.940. The van der Waals surface area contributed by atoms with Crippen molar-refractivity contribution in [2.75, 3.05) is 6.54 Å². The van der Waals surface area contributed by atoms with Gasteiger partial charge in [-0.15, -0.1) is 0 Å². The molecule has 1 aliphatic carbocycles. The lowest BCUT2D eigenvalue weighted by Gasteiger charge is -2.21. The van der Waals surface area contributed by atoms with Gasteiger partial charge in [0.05, 0.1) is 10.3 Å². The number of benzene rings is 1. The van der Waals surface area contributed by atoms with Crippen LogP contribution in [0.3, 0.4) is 0 Å². The Bertz CT molecular complexity index is 446. The van der Waals surface area contributed by atoms with E-state index in [-0.39, 0.29) is 11.7 Å². The van der Waals surface area contributed by atoms with Crippen LogP contribution in [0.4, 0.5) is 4.39 Å². The Labute approximate surface area is 115 Å². The summed E-state index contributed by atoms with van der Waals surface area (Å²) < 4.78 is 13.7. The van der Waals surface area contributed by atoms with Crippen molar-refractivity contribution < 1.29 is 4.39 Å². The molecule has 0 amide bonds. The first kappa shape index (κ1) is 13.5. The number of rotatable bonds is 6. The highest BCUT2D eigenvalue weighted by Gasteiger charge is 2.28. The first-order valence-corrected chi connectivity index (χ1v) is 6.86. The Morgan fingerprint density at radius 1 is 1.50 bits per heavy atom. The quantitative estimate of drug-likeness (QED) is 0.627. The molecule has 1 aromatic rings. The van der Waals surface area contributed by atoms with Crippen LogP contribution in [0, 0.1) is 11.2 Å². The van der Waals surface area contributed by atoms with Crippen molar-refractivity contribution >= 4 is 21.8 Å². The van der Waals surface area contributed by atoms with Crippen LogP contribution in [0.25, 0.3) is 0 Å². The molecule has 3 N–H and O–H groups in total. The SMILES string of the molecule is N=C(N)CCN(Cc1ccc(F)c(Br)c1)C1CC1. The van der Waals surface area contributed by atoms with Gasteiger partial charge in [-0.3, -0.25) is 10.3 Å². The molecule has 0 unspecified atom stereocenters. The first-order chi connectivity index (χ1) is 8.56. The number of amidine groups is 1. The Kier molecular flexibility index (Phi) is 4.35. The summed E-state index contributed by atoms with van der Waals surface area (Å²) in [7, 11) is 0. The minimum atomic E-state index is -0.236. The van der Waals surface area contributed by atoms with Gasteiger partial charge < -0.3 is 5.73 Å². The van der Waals surface area contributed by atoms with Gasteiger partial charge in [-0.05, 0) is 46.5 Å². The molecule has 0 radical (unpaired) electrons. The second-order valence-corrected chi connectivity index (χ2v) is 5.58. The van der Waals surface area contributed by atoms with E-state index in [2.05, 4.69) is 20.8 Å². The number of nitrogens with one attached hydrogen (secondary N) is 1. The third kappa shape index (κ3) is 3.78. The van der Waals surface area contributed by atoms with Gasteiger partial charge in [0.1, 0.15) is 5.82 Å². The summed E-state index contributed by atoms with van der Waals surface area (Å²) in [5.74, 6) is -0.0126. The molecule has 0 aromatic heterocycles. The van der Waals surface area contributed by atoms with Gasteiger partial charge in [0.25, 0.3) is 0 Å². The zero-order chi connectivity index (χ0) is 13.1. The van der Waals surface area contributed by atoms with Crippen molar-refractivity contribution in [3.63, 3.8) is 0 Å². The van der Waals surface area contributed by atoms with E-state index in [0.717, 1.165) is 18.7 Å². The topological polar surface area (TPSA) is 53.1 Å². The van der Waals surface area contributed by atoms with E-state index in [1.807, 2.05) is 12.1 Å². The summed E-state index contributed by atoms with van der Waals surface area (Å²) in [5, 5.41) is 7.29. The summed E-state index contributed by atoms with van der Waals surface area (Å²) in [4.78, 5) is 2.32. The lowest BCUT2D eigenvalue weighted by molar-refractivity contribution is 0.262. The number of nitrogens with two attached hydrogens (primary N) is 1. The van der Waals surface area contributed by atoms with Gasteiger partial charge in [0.15, 0.2) is 0 Å². The smallest absolute Gasteiger partial charge is 0.137 e. The van der Waals surface area contributed by atoms with Crippen molar-refractivity contribution in [2.24, 2.45) is 5.73 Å². The second kappa shape index (κ2) is 5.80. The predicted molar refractivity (Wildman–Crippen MR) is 74.1 cm³/mol. The third-order valence-electron chi connectivity index (χ3n) is 3.10. The maximum Gasteiger partial charge on any atom is 0.137 e. The molecule has 0 heterocycles. The first-order valence-electron chi connectivity index (χ1n) is 6.07. The van der Waals surface area contributed by atoms with Crippen LogP contribution in [-0.4, -0.2) is 23.3 Å². The molecule has 1 aromatic carbocycles. The fraction of sp³-hybridized carbons (Fsp3) is 0.462. The Morgan fingerprint density at radius 3 is 2.78 bits per heavy atom. The van der Waals surface area contributed by atoms with Gasteiger partial charge in [-0.2, -0.15) is 0 Å². The number of hydrogen-bond acceptors (Lipinski definition) is 2. The van der Waals surface area contributed by atoms with Crippen LogP contribution in [0.2, 0.25) is 0 Å². The average Bonchev–Trinajstić information content (AvgIpc) is 3.13. The molecule has 1 fully saturated rings. The summed E-state index contributed by atoms with van der Waals surface area (Å²) in [6, 6.07) is 5.71. The van der Waals surface area contributed by atoms with Crippen LogP contribution < -0.4 is 5.73 Å². The van der Waals surface area contributed by atoms with Crippen molar-refractivity contribution in [1.29, 1.82) is 5.41 Å². The fourth-order valence-corrected chi connectivity index (χ4v) is 2.39. The zero-order valence-electron chi connectivity index (χ0n) is 10.1. The Balaban J connectivity index is 1.99. The van der Waals surface area contributed by atoms with E-state index in [9.17, 15) is 4.39 Å². The van der Waals surface area contributed by atoms with Crippen LogP contribution >= 0.6 is 15.9 Å². The number of nitrogens with zero attached hydrogens (tertiary/aromatic N) is 1. The minimum absolute atomic E-state index is 0.223. The molecule has 5 heteroatoms. The van der Waals surface area contributed by atoms with E-state index in [1.54, 1.807) is 0 Å². The third-order valence-corrected chi connectivity index (χ3v) is 3.71. The zero-order valence-corrected chi connectivity index (χ0v) is 11.7. The highest BCUT2D eigenvalue weighted by molar-refractivity contribution is 9.10. The maximum absolute atomic E-state index is 13.2. The highest BCUT2D eigenvalue weighted by Crippen LogP contribution is 2.29. The predicted octanol–water partition coefficient (Wildman–Crippen LogP) is 2.88. The van der Waals surface area contributed by atoms with Crippen molar-refractivity contribution in [3.8, 4) is 0 Å². The van der Waals surface area contributed by atoms with Gasteiger partial charge in [0, 0.05) is 25.6 Å². The summed E-state index contributed by atoms with van der Waals surface area (Å²) >= 11 is 3.20. The molecule has 1 saturated carbocycles. The molecular weight excluding hydrogens is 297 g/mol. The largest absolute Gasteiger partial charge is 0.388 e. The lowest BCUT2D eigenvalue weighted by atomic mass is 10.2. The van der Waals surface area contributed by atoms with Crippen LogP contribution in [-0.2, 0) is 6.54 Å². The molecule has 1 aliphatic rings. The molecule has 3 nitrogen and oxygen atoms in total. The highest BCUT2D eigenvalue weighted by atomic mass is 79.9. The number of halogens is 2. The molecule has 18 heavy (non-hydrogen) atoms. The van der Waals surface area contributed by atoms with Gasteiger partial charge in [0.2, 0.25) is 0 Å². The van der Waals surface area contributed by atoms with Crippen molar-refractivity contribution in [2.45, 2.75) is 31.8 Å². The van der Waals surface area contributed by atoms with E-state index in [0.29, 0.717) is 16.9 Å². The molecule has 0 atom stereocenters. The Morgan fingerprint density at radius 2 is 2.22 bits per heavy atom. The number of hydrogen-bond donors (Lipinski definition) is 2. The van der Waals surface area contributed by atoms with Crippen molar-refractivity contribution in [3.05, 3.63) is 34.1 Å². The van der Waals surface area contributed by atoms with Gasteiger partial charge in [-0.1, -0.05) is 6.07 Å². The summed E-state index contributed by atoms with van der Waals surface area (Å²) in [5.41, 5.74) is 6.48. The fourth-order valence-electron chi connectivity index (χ4n) is 1.97. The summed E-state index contributed by atoms with van der Waals surface area (Å²) in [6.45, 7) is 1.59. The van der Waals surface area contributed by atoms with Crippen LogP contribution in [0.15, 0.2) is 22.7 Å². The monoisotopic (exact) mass is 313 g/mol. The van der Waals surface area contributed by atoms with E-state index in [1.165, 1.54) is 18.9 Å². The lowest BCUT2D eigenvalue weighted by Crippen LogP contribution is -2.29. The molecule has 0 saturated heterocycles. The minimum Gasteiger partial charge on any atom is -0.388 e. The van der Waals surface area contributed by atoms with E-state index >= 15 is 0 Å². The van der Waals surface area contributed by atoms with E-state index < -0.39 is 0 Å². The van der Waals surface area contributed by atoms with E-state index in [4.69, 9.17) is 11.1 Å². The molecular formula is C13H17BrFN3. The van der Waals surface area contributed by atoms with Crippen molar-refractivity contribution in [1.82, 2.24) is 4.90 Å². The molecule has 2 rings (SSSR count). The summed E-state index contributed by atoms with van der Waals surface area (Å²) in [6.07, 6.45) is 3.01. The second-order valence-electron chi connectivity index (χ2n) is 4.73. The molecule has 0 bridgehead atoms. The molecule has 0 spiro atoms. The maximum atomic E-state index is 13.2.